The van der Waals surface area contributed by atoms with E-state index in [0.717, 1.165) is 104 Å². The van der Waals surface area contributed by atoms with Crippen molar-refractivity contribution >= 4 is 93.9 Å². The molecule has 10 nitrogen and oxygen atoms in total. The number of hydrogen-bond acceptors (Lipinski definition) is 7. The summed E-state index contributed by atoms with van der Waals surface area (Å²) < 4.78 is 4.92. The number of hydrogen-bond donors (Lipinski definition) is 3. The molecule has 2 atom stereocenters. The largest absolute Gasteiger partial charge is 0.481 e. The third-order valence-corrected chi connectivity index (χ3v) is 12.9. The van der Waals surface area contributed by atoms with E-state index in [1.807, 2.05) is 36.4 Å². The van der Waals surface area contributed by atoms with Gasteiger partial charge in [0.1, 0.15) is 0 Å². The summed E-state index contributed by atoms with van der Waals surface area (Å²) in [5.74, 6) is -0.887. The standard InChI is InChI=1S/C29H33Cl2NO4.C27H29Cl2NO4/c1-2-36-29(35)8-6-4-3-5-7-28(34)32-27-14-11-22-15-20(10-13-26(22)27)9-12-25(33)18-21-16-23(30)19-24(31)17-21;28-21-14-19(15-22(29)17-21)16-23(31)10-7-18-8-11-24-20(13-18)9-12-25(24)30-26(32)5-3-1-2-4-6-27(33)34/h9-10,12-13,15-17,19,27H,2-8,11,14,18H2,1H3,(H,32,34);7-8,10-11,13-15,17,25H,1-6,9,12,16H2,(H,30,32)(H,33,34)/b12-9+;10-7+. The Balaban J connectivity index is 0.000000261. The third-order valence-electron chi connectivity index (χ3n) is 12.1. The molecule has 2 amide bonds. The predicted octanol–water partition coefficient (Wildman–Crippen LogP) is 13.2. The van der Waals surface area contributed by atoms with Crippen molar-refractivity contribution in [1.29, 1.82) is 0 Å². The first-order chi connectivity index (χ1) is 33.6. The summed E-state index contributed by atoms with van der Waals surface area (Å²) in [6.07, 6.45) is 18.9. The molecule has 4 aromatic carbocycles. The zero-order valence-electron chi connectivity index (χ0n) is 39.6. The van der Waals surface area contributed by atoms with Gasteiger partial charge in [-0.2, -0.15) is 0 Å². The van der Waals surface area contributed by atoms with Crippen LogP contribution in [-0.4, -0.2) is 47.0 Å². The molecule has 0 spiro atoms. The molecule has 2 unspecified atom stereocenters. The van der Waals surface area contributed by atoms with Gasteiger partial charge in [-0.05, 0) is 151 Å². The second-order valence-electron chi connectivity index (χ2n) is 17.8. The van der Waals surface area contributed by atoms with Gasteiger partial charge in [-0.15, -0.1) is 0 Å². The Bertz CT molecular complexity index is 2500. The summed E-state index contributed by atoms with van der Waals surface area (Å²) >= 11 is 24.0. The fourth-order valence-electron chi connectivity index (χ4n) is 8.70. The van der Waals surface area contributed by atoms with E-state index in [1.54, 1.807) is 55.5 Å². The van der Waals surface area contributed by atoms with Crippen molar-refractivity contribution in [1.82, 2.24) is 10.6 Å². The molecule has 6 rings (SSSR count). The molecule has 0 aromatic heterocycles. The van der Waals surface area contributed by atoms with E-state index in [4.69, 9.17) is 56.2 Å². The molecule has 0 aliphatic heterocycles. The second kappa shape index (κ2) is 29.2. The molecule has 0 heterocycles. The van der Waals surface area contributed by atoms with Crippen LogP contribution in [0.25, 0.3) is 12.2 Å². The number of amides is 2. The maximum atomic E-state index is 12.4. The predicted molar refractivity (Wildman–Crippen MR) is 279 cm³/mol. The molecule has 4 aromatic rings. The summed E-state index contributed by atoms with van der Waals surface area (Å²) in [7, 11) is 0. The van der Waals surface area contributed by atoms with Crippen LogP contribution < -0.4 is 10.6 Å². The van der Waals surface area contributed by atoms with Crippen molar-refractivity contribution in [2.45, 2.75) is 135 Å². The number of ether oxygens (including phenoxy) is 1. The lowest BCUT2D eigenvalue weighted by atomic mass is 10.0. The lowest BCUT2D eigenvalue weighted by molar-refractivity contribution is -0.143. The molecule has 0 radical (unpaired) electrons. The number of carboxylic acid groups (broad SMARTS) is 1. The van der Waals surface area contributed by atoms with Gasteiger partial charge < -0.3 is 20.5 Å². The van der Waals surface area contributed by atoms with E-state index in [-0.39, 0.29) is 60.7 Å². The summed E-state index contributed by atoms with van der Waals surface area (Å²) in [5, 5.41) is 17.0. The maximum absolute atomic E-state index is 12.4. The number of benzene rings is 4. The highest BCUT2D eigenvalue weighted by molar-refractivity contribution is 6.35. The number of carbonyl (C=O) groups excluding carboxylic acids is 5. The number of rotatable bonds is 25. The number of aryl methyl sites for hydroxylation is 2. The highest BCUT2D eigenvalue weighted by Crippen LogP contribution is 2.34. The van der Waals surface area contributed by atoms with Crippen LogP contribution in [0.15, 0.2) is 84.9 Å². The Morgan fingerprint density at radius 3 is 1.36 bits per heavy atom. The number of allylic oxidation sites excluding steroid dienone is 2. The lowest BCUT2D eigenvalue weighted by Gasteiger charge is -2.14. The topological polar surface area (TPSA) is 156 Å². The van der Waals surface area contributed by atoms with Gasteiger partial charge in [-0.25, -0.2) is 0 Å². The van der Waals surface area contributed by atoms with Gasteiger partial charge in [-0.1, -0.05) is 121 Å². The fourth-order valence-corrected chi connectivity index (χ4v) is 9.84. The van der Waals surface area contributed by atoms with Crippen LogP contribution in [0.2, 0.25) is 20.1 Å². The number of unbranched alkanes of at least 4 members (excludes halogenated alkanes) is 6. The van der Waals surface area contributed by atoms with Crippen LogP contribution in [0.5, 0.6) is 0 Å². The fraction of sp³-hybridized carbons (Fsp3) is 0.393. The molecule has 0 fully saturated rings. The lowest BCUT2D eigenvalue weighted by Crippen LogP contribution is -2.26. The first-order valence-electron chi connectivity index (χ1n) is 24.2. The van der Waals surface area contributed by atoms with E-state index >= 15 is 0 Å². The Morgan fingerprint density at radius 1 is 0.557 bits per heavy atom. The van der Waals surface area contributed by atoms with E-state index in [0.29, 0.717) is 52.4 Å². The van der Waals surface area contributed by atoms with E-state index in [1.165, 1.54) is 11.1 Å². The average Bonchev–Trinajstić information content (AvgIpc) is 3.89. The van der Waals surface area contributed by atoms with Crippen molar-refractivity contribution in [2.24, 2.45) is 0 Å². The van der Waals surface area contributed by atoms with Crippen molar-refractivity contribution in [3.05, 3.63) is 150 Å². The van der Waals surface area contributed by atoms with Crippen LogP contribution in [0.4, 0.5) is 0 Å². The van der Waals surface area contributed by atoms with Crippen LogP contribution in [0.3, 0.4) is 0 Å². The molecule has 3 N–H and O–H groups in total. The van der Waals surface area contributed by atoms with Gasteiger partial charge in [0.05, 0.1) is 18.7 Å². The molecule has 2 aliphatic rings. The monoisotopic (exact) mass is 1030 g/mol. The van der Waals surface area contributed by atoms with Crippen LogP contribution >= 0.6 is 46.4 Å². The van der Waals surface area contributed by atoms with Crippen molar-refractivity contribution in [3.8, 4) is 0 Å². The zero-order chi connectivity index (χ0) is 50.4. The van der Waals surface area contributed by atoms with Gasteiger partial charge in [0.25, 0.3) is 0 Å². The molecule has 372 valence electrons. The molecule has 70 heavy (non-hydrogen) atoms. The Kier molecular flexibility index (Phi) is 23.2. The molecule has 0 saturated heterocycles. The molecule has 2 aliphatic carbocycles. The van der Waals surface area contributed by atoms with Crippen molar-refractivity contribution in [3.63, 3.8) is 0 Å². The summed E-state index contributed by atoms with van der Waals surface area (Å²) in [6, 6.07) is 22.5. The number of fused-ring (bicyclic) bond motifs is 2. The van der Waals surface area contributed by atoms with Crippen molar-refractivity contribution in [2.75, 3.05) is 6.61 Å². The number of halogens is 4. The summed E-state index contributed by atoms with van der Waals surface area (Å²) in [4.78, 5) is 71.3. The molecule has 0 bridgehead atoms. The first kappa shape index (κ1) is 55.7. The SMILES string of the molecule is CCOC(=O)CCCCCCC(=O)NC1CCc2cc(/C=C/C(=O)Cc3cc(Cl)cc(Cl)c3)ccc21.O=C(O)CCCCCCC(=O)NC1CCc2cc(/C=C/C(=O)Cc3cc(Cl)cc(Cl)c3)ccc21. The van der Waals surface area contributed by atoms with Gasteiger partial charge >= 0.3 is 11.9 Å². The summed E-state index contributed by atoms with van der Waals surface area (Å²) in [5.41, 5.74) is 8.14. The smallest absolute Gasteiger partial charge is 0.305 e. The van der Waals surface area contributed by atoms with E-state index in [2.05, 4.69) is 22.8 Å². The normalized spacial score (nSPS) is 14.7. The minimum absolute atomic E-state index is 0.0155. The highest BCUT2D eigenvalue weighted by atomic mass is 35.5. The first-order valence-corrected chi connectivity index (χ1v) is 25.7. The number of nitrogens with one attached hydrogen (secondary N) is 2. The number of esters is 1. The van der Waals surface area contributed by atoms with Gasteiger partial charge in [-0.3, -0.25) is 28.8 Å². The zero-order valence-corrected chi connectivity index (χ0v) is 42.7. The number of aliphatic carboxylic acids is 1. The number of ketones is 2. The Labute approximate surface area is 431 Å². The molecule has 0 saturated carbocycles. The maximum Gasteiger partial charge on any atom is 0.305 e. The number of carboxylic acids is 1. The summed E-state index contributed by atoms with van der Waals surface area (Å²) in [6.45, 7) is 2.22. The molecule has 14 heteroatoms. The van der Waals surface area contributed by atoms with E-state index in [9.17, 15) is 28.8 Å². The van der Waals surface area contributed by atoms with Crippen LogP contribution in [0, 0.1) is 0 Å². The van der Waals surface area contributed by atoms with Gasteiger partial charge in [0.15, 0.2) is 11.6 Å². The van der Waals surface area contributed by atoms with Crippen LogP contribution in [-0.2, 0) is 59.2 Å². The highest BCUT2D eigenvalue weighted by Gasteiger charge is 2.25. The van der Waals surface area contributed by atoms with Crippen LogP contribution in [0.1, 0.15) is 153 Å². The van der Waals surface area contributed by atoms with E-state index < -0.39 is 5.97 Å². The minimum atomic E-state index is -0.772. The Morgan fingerprint density at radius 2 is 0.957 bits per heavy atom. The van der Waals surface area contributed by atoms with Crippen molar-refractivity contribution < 1.29 is 38.6 Å². The second-order valence-corrected chi connectivity index (χ2v) is 19.5. The average molecular weight is 1030 g/mol. The molecular formula is C56H62Cl4N2O8. The quantitative estimate of drug-likeness (QED) is 0.0337. The number of carbonyl (C=O) groups is 6. The minimum Gasteiger partial charge on any atom is -0.481 e. The van der Waals surface area contributed by atoms with Gasteiger partial charge in [0, 0.05) is 58.6 Å². The van der Waals surface area contributed by atoms with Gasteiger partial charge in [0.2, 0.25) is 11.8 Å². The third kappa shape index (κ3) is 19.9. The Hall–Kier alpha value is -5.26. The molecular weight excluding hydrogens is 970 g/mol.